The highest BCUT2D eigenvalue weighted by Crippen LogP contribution is 2.25. The van der Waals surface area contributed by atoms with Gasteiger partial charge in [-0.2, -0.15) is 0 Å². The molecule has 0 radical (unpaired) electrons. The SMILES string of the molecule is Cc1ccc(NC(=O)c2ncccc2NC(=O)c2ccc(S(C)(=O)=O)cc2OCCN)nc1. The van der Waals surface area contributed by atoms with Crippen LogP contribution in [0.3, 0.4) is 0 Å². The molecule has 0 saturated heterocycles. The monoisotopic (exact) mass is 469 g/mol. The van der Waals surface area contributed by atoms with Gasteiger partial charge in [-0.25, -0.2) is 18.4 Å². The summed E-state index contributed by atoms with van der Waals surface area (Å²) in [6.07, 6.45) is 4.09. The van der Waals surface area contributed by atoms with Crippen LogP contribution in [0.1, 0.15) is 26.4 Å². The third-order valence-electron chi connectivity index (χ3n) is 4.43. The Kier molecular flexibility index (Phi) is 7.36. The molecule has 10 nitrogen and oxygen atoms in total. The van der Waals surface area contributed by atoms with Gasteiger partial charge in [-0.15, -0.1) is 0 Å². The molecule has 0 bridgehead atoms. The lowest BCUT2D eigenvalue weighted by atomic mass is 10.1. The van der Waals surface area contributed by atoms with Crippen molar-refractivity contribution in [3.8, 4) is 5.75 Å². The average molecular weight is 470 g/mol. The van der Waals surface area contributed by atoms with Gasteiger partial charge in [0.15, 0.2) is 15.5 Å². The molecule has 3 aromatic rings. The van der Waals surface area contributed by atoms with E-state index in [2.05, 4.69) is 20.6 Å². The van der Waals surface area contributed by atoms with Crippen molar-refractivity contribution >= 4 is 33.2 Å². The maximum Gasteiger partial charge on any atom is 0.277 e. The largest absolute Gasteiger partial charge is 0.491 e. The first kappa shape index (κ1) is 23.8. The van der Waals surface area contributed by atoms with Crippen LogP contribution >= 0.6 is 0 Å². The van der Waals surface area contributed by atoms with Crippen LogP contribution in [0.2, 0.25) is 0 Å². The van der Waals surface area contributed by atoms with Crippen LogP contribution in [-0.2, 0) is 9.84 Å². The predicted molar refractivity (Wildman–Crippen MR) is 123 cm³/mol. The van der Waals surface area contributed by atoms with Gasteiger partial charge < -0.3 is 21.1 Å². The summed E-state index contributed by atoms with van der Waals surface area (Å²) in [5, 5.41) is 5.27. The summed E-state index contributed by atoms with van der Waals surface area (Å²) >= 11 is 0. The van der Waals surface area contributed by atoms with Crippen LogP contribution in [0, 0.1) is 6.92 Å². The molecule has 4 N–H and O–H groups in total. The van der Waals surface area contributed by atoms with Crippen molar-refractivity contribution in [2.24, 2.45) is 5.73 Å². The summed E-state index contributed by atoms with van der Waals surface area (Å²) in [5.41, 5.74) is 6.62. The van der Waals surface area contributed by atoms with Crippen LogP contribution in [0.25, 0.3) is 0 Å². The Morgan fingerprint density at radius 3 is 2.52 bits per heavy atom. The molecule has 11 heteroatoms. The second-order valence-electron chi connectivity index (χ2n) is 7.10. The van der Waals surface area contributed by atoms with Gasteiger partial charge in [0.05, 0.1) is 16.1 Å². The molecular formula is C22H23N5O5S. The molecule has 3 rings (SSSR count). The van der Waals surface area contributed by atoms with E-state index in [-0.39, 0.29) is 40.7 Å². The minimum atomic E-state index is -3.51. The number of rotatable bonds is 8. The first-order valence-electron chi connectivity index (χ1n) is 9.86. The zero-order valence-corrected chi connectivity index (χ0v) is 18.8. The van der Waals surface area contributed by atoms with E-state index >= 15 is 0 Å². The number of aromatic nitrogens is 2. The standard InChI is InChI=1S/C22H23N5O5S/c1-14-5-8-19(25-13-14)27-22(29)20-17(4-3-10-24-20)26-21(28)16-7-6-15(33(2,30)31)12-18(16)32-11-9-23/h3-8,10,12-13H,9,11,23H2,1-2H3,(H,26,28)(H,25,27,29). The second-order valence-corrected chi connectivity index (χ2v) is 9.11. The molecule has 172 valence electrons. The van der Waals surface area contributed by atoms with E-state index in [9.17, 15) is 18.0 Å². The zero-order valence-electron chi connectivity index (χ0n) is 18.0. The molecule has 0 atom stereocenters. The van der Waals surface area contributed by atoms with E-state index in [0.717, 1.165) is 11.8 Å². The van der Waals surface area contributed by atoms with Gasteiger partial charge in [0.2, 0.25) is 0 Å². The third kappa shape index (κ3) is 6.11. The average Bonchev–Trinajstić information content (AvgIpc) is 2.78. The summed E-state index contributed by atoms with van der Waals surface area (Å²) < 4.78 is 29.3. The molecule has 2 aromatic heterocycles. The van der Waals surface area contributed by atoms with Crippen molar-refractivity contribution in [2.45, 2.75) is 11.8 Å². The number of carbonyl (C=O) groups excluding carboxylic acids is 2. The number of nitrogens with zero attached hydrogens (tertiary/aromatic N) is 2. The summed E-state index contributed by atoms with van der Waals surface area (Å²) in [4.78, 5) is 33.9. The lowest BCUT2D eigenvalue weighted by Crippen LogP contribution is -2.21. The Morgan fingerprint density at radius 1 is 1.06 bits per heavy atom. The molecule has 0 aliphatic heterocycles. The highest BCUT2D eigenvalue weighted by Gasteiger charge is 2.20. The van der Waals surface area contributed by atoms with Crippen molar-refractivity contribution in [3.05, 3.63) is 71.7 Å². The molecule has 2 heterocycles. The highest BCUT2D eigenvalue weighted by atomic mass is 32.2. The number of aryl methyl sites for hydroxylation is 1. The molecule has 0 aliphatic rings. The second kappa shape index (κ2) is 10.2. The van der Waals surface area contributed by atoms with E-state index in [4.69, 9.17) is 10.5 Å². The van der Waals surface area contributed by atoms with Crippen LogP contribution in [0.4, 0.5) is 11.5 Å². The number of nitrogens with two attached hydrogens (primary N) is 1. The van der Waals surface area contributed by atoms with Crippen molar-refractivity contribution in [1.29, 1.82) is 0 Å². The minimum Gasteiger partial charge on any atom is -0.491 e. The first-order chi connectivity index (χ1) is 15.7. The molecule has 0 fully saturated rings. The number of hydrogen-bond donors (Lipinski definition) is 3. The van der Waals surface area contributed by atoms with E-state index < -0.39 is 21.7 Å². The molecule has 0 unspecified atom stereocenters. The molecule has 1 aromatic carbocycles. The molecule has 2 amide bonds. The van der Waals surface area contributed by atoms with E-state index in [1.165, 1.54) is 30.5 Å². The highest BCUT2D eigenvalue weighted by molar-refractivity contribution is 7.90. The third-order valence-corrected chi connectivity index (χ3v) is 5.54. The number of benzene rings is 1. The molecular weight excluding hydrogens is 446 g/mol. The zero-order chi connectivity index (χ0) is 24.0. The lowest BCUT2D eigenvalue weighted by Gasteiger charge is -2.14. The van der Waals surface area contributed by atoms with Gasteiger partial charge in [-0.05, 0) is 48.9 Å². The maximum atomic E-state index is 13.0. The lowest BCUT2D eigenvalue weighted by molar-refractivity contribution is 0.102. The van der Waals surface area contributed by atoms with Gasteiger partial charge in [0.1, 0.15) is 18.2 Å². The molecule has 0 spiro atoms. The Hall–Kier alpha value is -3.83. The Morgan fingerprint density at radius 2 is 1.85 bits per heavy atom. The summed E-state index contributed by atoms with van der Waals surface area (Å²) in [6.45, 7) is 2.13. The first-order valence-corrected chi connectivity index (χ1v) is 11.8. The Balaban J connectivity index is 1.87. The maximum absolute atomic E-state index is 13.0. The van der Waals surface area contributed by atoms with Gasteiger partial charge >= 0.3 is 0 Å². The van der Waals surface area contributed by atoms with Gasteiger partial charge in [-0.1, -0.05) is 6.07 Å². The van der Waals surface area contributed by atoms with Gasteiger partial charge in [0, 0.05) is 25.2 Å². The van der Waals surface area contributed by atoms with Crippen LogP contribution in [-0.4, -0.2) is 49.6 Å². The molecule has 0 aliphatic carbocycles. The van der Waals surface area contributed by atoms with E-state index in [1.54, 1.807) is 24.4 Å². The summed E-state index contributed by atoms with van der Waals surface area (Å²) in [5.74, 6) is -0.783. The molecule has 0 saturated carbocycles. The fraction of sp³-hybridized carbons (Fsp3) is 0.182. The smallest absolute Gasteiger partial charge is 0.277 e. The van der Waals surface area contributed by atoms with Crippen LogP contribution < -0.4 is 21.1 Å². The number of nitrogens with one attached hydrogen (secondary N) is 2. The number of hydrogen-bond acceptors (Lipinski definition) is 8. The van der Waals surface area contributed by atoms with E-state index in [0.29, 0.717) is 5.82 Å². The number of sulfone groups is 1. The Labute approximate surface area is 191 Å². The summed E-state index contributed by atoms with van der Waals surface area (Å²) in [7, 11) is -3.51. The number of carbonyl (C=O) groups is 2. The number of pyridine rings is 2. The van der Waals surface area contributed by atoms with E-state index in [1.807, 2.05) is 6.92 Å². The number of ether oxygens (including phenoxy) is 1. The predicted octanol–water partition coefficient (Wildman–Crippen LogP) is 2.03. The van der Waals surface area contributed by atoms with Crippen LogP contribution in [0.5, 0.6) is 5.75 Å². The Bertz CT molecular complexity index is 1280. The number of amides is 2. The van der Waals surface area contributed by atoms with Crippen molar-refractivity contribution in [2.75, 3.05) is 30.0 Å². The summed E-state index contributed by atoms with van der Waals surface area (Å²) in [6, 6.07) is 10.4. The fourth-order valence-corrected chi connectivity index (χ4v) is 3.44. The van der Waals surface area contributed by atoms with Crippen molar-refractivity contribution in [3.63, 3.8) is 0 Å². The quantitative estimate of drug-likeness (QED) is 0.453. The topological polar surface area (TPSA) is 153 Å². The minimum absolute atomic E-state index is 0.00175. The van der Waals surface area contributed by atoms with Crippen LogP contribution in [0.15, 0.2) is 59.8 Å². The number of anilines is 2. The normalized spacial score (nSPS) is 11.0. The molecule has 33 heavy (non-hydrogen) atoms. The van der Waals surface area contributed by atoms with Gasteiger partial charge in [-0.3, -0.25) is 9.59 Å². The van der Waals surface area contributed by atoms with Gasteiger partial charge in [0.25, 0.3) is 11.8 Å². The van der Waals surface area contributed by atoms with Crippen molar-refractivity contribution < 1.29 is 22.7 Å². The van der Waals surface area contributed by atoms with Crippen molar-refractivity contribution in [1.82, 2.24) is 9.97 Å². The fourth-order valence-electron chi connectivity index (χ4n) is 2.80.